The molecule has 70 heavy (non-hydrogen) atoms. The molecule has 0 radical (unpaired) electrons. The number of carboxylic acid groups (broad SMARTS) is 1. The number of aliphatic hydroxyl groups excluding tert-OH is 2. The number of carbonyl (C=O) groups is 8. The molecule has 6 amide bonds. The molecule has 4 aliphatic heterocycles. The van der Waals surface area contributed by atoms with Crippen LogP contribution in [0, 0.1) is 29.6 Å². The summed E-state index contributed by atoms with van der Waals surface area (Å²) in [6.07, 6.45) is 14.6. The number of carboxylic acids is 1. The average molecular weight is 1010 g/mol. The predicted octanol–water partition coefficient (Wildman–Crippen LogP) is 5.17. The maximum absolute atomic E-state index is 13.7. The third kappa shape index (κ3) is 17.7. The number of carbonyl (C=O) groups excluding carboxylic acids is 7. The van der Waals surface area contributed by atoms with Crippen molar-refractivity contribution in [2.75, 3.05) is 39.3 Å². The van der Waals surface area contributed by atoms with Gasteiger partial charge in [0.15, 0.2) is 17.3 Å². The van der Waals surface area contributed by atoms with Crippen molar-refractivity contribution in [2.24, 2.45) is 35.3 Å². The van der Waals surface area contributed by atoms with Crippen LogP contribution in [-0.2, 0) is 28.8 Å². The van der Waals surface area contributed by atoms with E-state index in [1.54, 1.807) is 9.80 Å². The van der Waals surface area contributed by atoms with Gasteiger partial charge in [0, 0.05) is 82.3 Å². The highest BCUT2D eigenvalue weighted by molar-refractivity contribution is 5.94. The van der Waals surface area contributed by atoms with Crippen LogP contribution >= 0.6 is 12.4 Å². The predicted molar refractivity (Wildman–Crippen MR) is 268 cm³/mol. The summed E-state index contributed by atoms with van der Waals surface area (Å²) in [6.45, 7) is 11.8. The Morgan fingerprint density at radius 3 is 1.40 bits per heavy atom. The van der Waals surface area contributed by atoms with Gasteiger partial charge >= 0.3 is 18.0 Å². The third-order valence-corrected chi connectivity index (χ3v) is 15.5. The first kappa shape index (κ1) is 60.4. The van der Waals surface area contributed by atoms with Gasteiger partial charge in [0.1, 0.15) is 23.3 Å². The molecule has 0 bridgehead atoms. The summed E-state index contributed by atoms with van der Waals surface area (Å²) in [5.41, 5.74) is 3.82. The standard InChI is InChI=1S/C26H43N3O5.C13H24N2O3.C12H20N2O3.ClH/c1-18(2)20(23(32)21(30)16-19-10-4-7-13-27-24(19)33)17-22(31)26(11-5-3-6-12-26)28-25(34)29-14-8-9-15-29;1-8(2)11(14)12(17)10(16)7-9-5-3-4-6-15-13(9)18;15-10(16)12(6-2-1-3-7-12)13-11(17)14-8-4-5-9-14;/h18-20,23,32H,3-17H2,1-2H3,(H,27,33)(H,28,34);8-9,11-12,17H,3-7,14H2,1-2H3,(H,15,18);1-9H2,(H,13,17)(H,15,16);1H/t19-,20+,23-;9-,11+,12+;;/m11../s1. The van der Waals surface area contributed by atoms with E-state index in [0.29, 0.717) is 64.7 Å². The highest BCUT2D eigenvalue weighted by Gasteiger charge is 2.45. The molecular formula is C51H88ClN7O11. The van der Waals surface area contributed by atoms with Crippen LogP contribution in [0.2, 0.25) is 0 Å². The summed E-state index contributed by atoms with van der Waals surface area (Å²) in [5, 5.41) is 41.6. The molecule has 2 saturated carbocycles. The van der Waals surface area contributed by atoms with E-state index in [-0.39, 0.29) is 90.6 Å². The molecule has 6 atom stereocenters. The summed E-state index contributed by atoms with van der Waals surface area (Å²) < 4.78 is 0. The second-order valence-corrected chi connectivity index (χ2v) is 21.4. The molecule has 400 valence electrons. The number of nitrogens with one attached hydrogen (secondary N) is 4. The second kappa shape index (κ2) is 29.6. The lowest BCUT2D eigenvalue weighted by Crippen LogP contribution is -2.59. The molecule has 2 aliphatic carbocycles. The van der Waals surface area contributed by atoms with E-state index in [1.807, 2.05) is 27.7 Å². The third-order valence-electron chi connectivity index (χ3n) is 15.5. The number of Topliss-reactive ketones (excluding diaryl/α,β-unsaturated/α-hetero) is 3. The van der Waals surface area contributed by atoms with Gasteiger partial charge in [-0.25, -0.2) is 14.4 Å². The summed E-state index contributed by atoms with van der Waals surface area (Å²) in [4.78, 5) is 102. The van der Waals surface area contributed by atoms with E-state index in [2.05, 4.69) is 21.3 Å². The Labute approximate surface area is 422 Å². The molecule has 0 aromatic rings. The fourth-order valence-electron chi connectivity index (χ4n) is 10.6. The molecule has 6 rings (SSSR count). The van der Waals surface area contributed by atoms with Crippen LogP contribution in [-0.4, -0.2) is 141 Å². The van der Waals surface area contributed by atoms with E-state index in [9.17, 15) is 53.7 Å². The second-order valence-electron chi connectivity index (χ2n) is 21.4. The molecule has 4 heterocycles. The topological polar surface area (TPSA) is 278 Å². The van der Waals surface area contributed by atoms with Crippen LogP contribution in [0.1, 0.15) is 175 Å². The minimum Gasteiger partial charge on any atom is -0.480 e. The molecule has 19 heteroatoms. The number of nitrogens with two attached hydrogens (primary N) is 1. The van der Waals surface area contributed by atoms with E-state index in [1.165, 1.54) is 0 Å². The number of nitrogens with zero attached hydrogens (tertiary/aromatic N) is 2. The molecular weight excluding hydrogens is 922 g/mol. The highest BCUT2D eigenvalue weighted by Crippen LogP contribution is 2.34. The molecule has 0 unspecified atom stereocenters. The maximum atomic E-state index is 13.7. The molecule has 6 fully saturated rings. The number of ketones is 3. The minimum absolute atomic E-state index is 0. The van der Waals surface area contributed by atoms with Crippen molar-refractivity contribution in [1.29, 1.82) is 0 Å². The molecule has 18 nitrogen and oxygen atoms in total. The smallest absolute Gasteiger partial charge is 0.329 e. The monoisotopic (exact) mass is 1010 g/mol. The molecule has 0 aromatic carbocycles. The Hall–Kier alpha value is -3.87. The molecule has 4 saturated heterocycles. The lowest BCUT2D eigenvalue weighted by atomic mass is 9.73. The number of halogens is 1. The molecule has 0 spiro atoms. The van der Waals surface area contributed by atoms with Gasteiger partial charge in [-0.2, -0.15) is 0 Å². The Kier molecular flexibility index (Phi) is 25.6. The Balaban J connectivity index is 0.000000303. The van der Waals surface area contributed by atoms with E-state index < -0.39 is 47.1 Å². The van der Waals surface area contributed by atoms with E-state index >= 15 is 0 Å². The van der Waals surface area contributed by atoms with Crippen molar-refractivity contribution in [2.45, 2.75) is 205 Å². The average Bonchev–Trinajstić information content (AvgIpc) is 4.01. The first-order valence-electron chi connectivity index (χ1n) is 26.4. The van der Waals surface area contributed by atoms with Gasteiger partial charge in [-0.1, -0.05) is 79.1 Å². The molecule has 6 aliphatic rings. The minimum atomic E-state index is -1.30. The van der Waals surface area contributed by atoms with Crippen LogP contribution in [0.4, 0.5) is 9.59 Å². The van der Waals surface area contributed by atoms with Crippen molar-refractivity contribution in [3.05, 3.63) is 0 Å². The number of hydrogen-bond acceptors (Lipinski definition) is 11. The first-order valence-corrected chi connectivity index (χ1v) is 26.4. The van der Waals surface area contributed by atoms with Crippen molar-refractivity contribution in [1.82, 2.24) is 31.1 Å². The zero-order valence-electron chi connectivity index (χ0n) is 42.6. The van der Waals surface area contributed by atoms with Crippen LogP contribution in [0.5, 0.6) is 0 Å². The number of urea groups is 2. The zero-order chi connectivity index (χ0) is 50.7. The van der Waals surface area contributed by atoms with Crippen LogP contribution in [0.3, 0.4) is 0 Å². The van der Waals surface area contributed by atoms with Crippen molar-refractivity contribution in [3.8, 4) is 0 Å². The Bertz CT molecular complexity index is 1730. The van der Waals surface area contributed by atoms with Gasteiger partial charge in [-0.05, 0) is 88.9 Å². The number of likely N-dealkylation sites (tertiary alicyclic amines) is 2. The number of aliphatic carboxylic acids is 1. The number of amides is 6. The fraction of sp³-hybridized carbons (Fsp3) is 0.843. The number of rotatable bonds is 16. The highest BCUT2D eigenvalue weighted by atomic mass is 35.5. The van der Waals surface area contributed by atoms with Gasteiger partial charge < -0.3 is 52.1 Å². The molecule has 9 N–H and O–H groups in total. The largest absolute Gasteiger partial charge is 0.480 e. The first-order chi connectivity index (χ1) is 32.8. The fourth-order valence-corrected chi connectivity index (χ4v) is 10.6. The lowest BCUT2D eigenvalue weighted by Gasteiger charge is -2.39. The summed E-state index contributed by atoms with van der Waals surface area (Å²) >= 11 is 0. The summed E-state index contributed by atoms with van der Waals surface area (Å²) in [6, 6.07) is -0.942. The lowest BCUT2D eigenvalue weighted by molar-refractivity contribution is -0.146. The van der Waals surface area contributed by atoms with Crippen molar-refractivity contribution < 1.29 is 53.7 Å². The normalized spacial score (nSPS) is 24.0. The number of aliphatic hydroxyl groups is 2. The summed E-state index contributed by atoms with van der Waals surface area (Å²) in [5.74, 6) is -3.20. The Morgan fingerprint density at radius 2 is 1.00 bits per heavy atom. The van der Waals surface area contributed by atoms with Gasteiger partial charge in [0.2, 0.25) is 11.8 Å². The van der Waals surface area contributed by atoms with Crippen molar-refractivity contribution in [3.63, 3.8) is 0 Å². The van der Waals surface area contributed by atoms with Gasteiger partial charge in [-0.15, -0.1) is 12.4 Å². The maximum Gasteiger partial charge on any atom is 0.329 e. The number of hydrogen-bond donors (Lipinski definition) is 8. The van der Waals surface area contributed by atoms with Crippen LogP contribution in [0.15, 0.2) is 0 Å². The molecule has 0 aromatic heterocycles. The van der Waals surface area contributed by atoms with Gasteiger partial charge in [0.25, 0.3) is 0 Å². The van der Waals surface area contributed by atoms with Crippen LogP contribution in [0.25, 0.3) is 0 Å². The Morgan fingerprint density at radius 1 is 0.600 bits per heavy atom. The van der Waals surface area contributed by atoms with Gasteiger partial charge in [0.05, 0.1) is 0 Å². The SMILES string of the molecule is CC(C)[C@H](CC(=O)C1(NC(=O)N2CCCC2)CCCCC1)[C@@H](O)C(=O)C[C@H]1CCCCNC1=O.CC(C)[C@H](N)[C@@H](O)C(=O)C[C@H]1CCCCNC1=O.Cl.O=C(NC1(C(=O)O)CCCCC1)N1CCCC1. The van der Waals surface area contributed by atoms with Crippen LogP contribution < -0.4 is 27.0 Å². The van der Waals surface area contributed by atoms with Crippen molar-refractivity contribution >= 4 is 59.6 Å². The quantitative estimate of drug-likeness (QED) is 0.0995. The zero-order valence-corrected chi connectivity index (χ0v) is 43.4. The van der Waals surface area contributed by atoms with E-state index in [4.69, 9.17) is 5.73 Å². The van der Waals surface area contributed by atoms with E-state index in [0.717, 1.165) is 103 Å². The summed E-state index contributed by atoms with van der Waals surface area (Å²) in [7, 11) is 0. The van der Waals surface area contributed by atoms with Gasteiger partial charge in [-0.3, -0.25) is 24.0 Å².